The van der Waals surface area contributed by atoms with Crippen molar-refractivity contribution in [3.05, 3.63) is 57.2 Å². The van der Waals surface area contributed by atoms with Crippen LogP contribution in [0.15, 0.2) is 45.7 Å². The SMILES string of the molecule is O=C(O)CCC(C(=O)O)N1C(=O)C(=Cc2ccc(-c3cccc([N+](=O)[O-])c3)o2)SC1=S. The Morgan fingerprint density at radius 3 is 2.68 bits per heavy atom. The fourth-order valence-electron chi connectivity index (χ4n) is 2.86. The van der Waals surface area contributed by atoms with Crippen molar-refractivity contribution in [3.8, 4) is 11.3 Å². The van der Waals surface area contributed by atoms with Gasteiger partial charge < -0.3 is 14.6 Å². The Labute approximate surface area is 184 Å². The first-order chi connectivity index (χ1) is 14.7. The molecule has 2 aromatic rings. The van der Waals surface area contributed by atoms with Gasteiger partial charge in [0.25, 0.3) is 11.6 Å². The summed E-state index contributed by atoms with van der Waals surface area (Å²) in [6.45, 7) is 0. The number of benzene rings is 1. The van der Waals surface area contributed by atoms with Gasteiger partial charge in [-0.3, -0.25) is 24.6 Å². The number of carboxylic acids is 2. The summed E-state index contributed by atoms with van der Waals surface area (Å²) < 4.78 is 5.65. The van der Waals surface area contributed by atoms with Crippen LogP contribution in [-0.2, 0) is 14.4 Å². The lowest BCUT2D eigenvalue weighted by Crippen LogP contribution is -2.44. The van der Waals surface area contributed by atoms with Crippen molar-refractivity contribution in [2.24, 2.45) is 0 Å². The normalized spacial score (nSPS) is 16.0. The van der Waals surface area contributed by atoms with E-state index in [9.17, 15) is 29.6 Å². The number of non-ortho nitro benzene ring substituents is 1. The summed E-state index contributed by atoms with van der Waals surface area (Å²) in [4.78, 5) is 46.5. The number of rotatable bonds is 8. The van der Waals surface area contributed by atoms with Crippen LogP contribution >= 0.6 is 24.0 Å². The zero-order chi connectivity index (χ0) is 22.7. The van der Waals surface area contributed by atoms with E-state index in [1.54, 1.807) is 18.2 Å². The molecule has 0 saturated carbocycles. The van der Waals surface area contributed by atoms with Crippen molar-refractivity contribution in [1.29, 1.82) is 0 Å². The Kier molecular flexibility index (Phi) is 6.51. The van der Waals surface area contributed by atoms with E-state index in [1.165, 1.54) is 24.3 Å². The lowest BCUT2D eigenvalue weighted by atomic mass is 10.1. The van der Waals surface area contributed by atoms with Gasteiger partial charge in [0.1, 0.15) is 21.9 Å². The van der Waals surface area contributed by atoms with Crippen molar-refractivity contribution in [2.45, 2.75) is 18.9 Å². The first kappa shape index (κ1) is 22.2. The number of hydrogen-bond acceptors (Lipinski definition) is 8. The van der Waals surface area contributed by atoms with E-state index in [0.29, 0.717) is 11.3 Å². The molecule has 0 aliphatic carbocycles. The number of nitrogens with zero attached hydrogens (tertiary/aromatic N) is 2. The number of hydrogen-bond donors (Lipinski definition) is 2. The van der Waals surface area contributed by atoms with Gasteiger partial charge in [-0.1, -0.05) is 36.1 Å². The number of carbonyl (C=O) groups is 3. The average Bonchev–Trinajstić information content (AvgIpc) is 3.28. The van der Waals surface area contributed by atoms with Gasteiger partial charge in [-0.15, -0.1) is 0 Å². The third-order valence-corrected chi connectivity index (χ3v) is 5.62. The summed E-state index contributed by atoms with van der Waals surface area (Å²) in [5.41, 5.74) is 0.374. The monoisotopic (exact) mass is 462 g/mol. The highest BCUT2D eigenvalue weighted by Gasteiger charge is 2.40. The van der Waals surface area contributed by atoms with Crippen molar-refractivity contribution in [1.82, 2.24) is 4.90 Å². The second-order valence-electron chi connectivity index (χ2n) is 6.35. The smallest absolute Gasteiger partial charge is 0.326 e. The number of aliphatic carboxylic acids is 2. The molecule has 10 nitrogen and oxygen atoms in total. The second-order valence-corrected chi connectivity index (χ2v) is 8.02. The standard InChI is InChI=1S/C19H14N2O8S2/c22-16(23)7-5-13(18(25)26)20-17(24)15(31-19(20)30)9-12-4-6-14(29-12)10-2-1-3-11(8-10)21(27)28/h1-4,6,8-9,13H,5,7H2,(H,22,23)(H,25,26). The summed E-state index contributed by atoms with van der Waals surface area (Å²) in [6, 6.07) is 7.59. The molecule has 160 valence electrons. The molecule has 2 heterocycles. The van der Waals surface area contributed by atoms with Crippen LogP contribution in [0.4, 0.5) is 5.69 Å². The maximum Gasteiger partial charge on any atom is 0.326 e. The van der Waals surface area contributed by atoms with Gasteiger partial charge >= 0.3 is 11.9 Å². The number of carbonyl (C=O) groups excluding carboxylic acids is 1. The van der Waals surface area contributed by atoms with Crippen LogP contribution in [-0.4, -0.2) is 48.2 Å². The summed E-state index contributed by atoms with van der Waals surface area (Å²) in [7, 11) is 0. The average molecular weight is 462 g/mol. The largest absolute Gasteiger partial charge is 0.481 e. The van der Waals surface area contributed by atoms with Gasteiger partial charge in [0, 0.05) is 30.2 Å². The lowest BCUT2D eigenvalue weighted by Gasteiger charge is -2.22. The van der Waals surface area contributed by atoms with Crippen LogP contribution in [0.5, 0.6) is 0 Å². The van der Waals surface area contributed by atoms with Crippen LogP contribution in [0, 0.1) is 10.1 Å². The number of thiocarbonyl (C=S) groups is 1. The molecule has 3 rings (SSSR count). The summed E-state index contributed by atoms with van der Waals surface area (Å²) in [5, 5.41) is 29.2. The van der Waals surface area contributed by atoms with Crippen molar-refractivity contribution < 1.29 is 33.9 Å². The summed E-state index contributed by atoms with van der Waals surface area (Å²) in [5.74, 6) is -2.60. The molecular weight excluding hydrogens is 448 g/mol. The Morgan fingerprint density at radius 2 is 2.03 bits per heavy atom. The molecule has 2 N–H and O–H groups in total. The van der Waals surface area contributed by atoms with Gasteiger partial charge in [0.2, 0.25) is 0 Å². The first-order valence-electron chi connectivity index (χ1n) is 8.73. The quantitative estimate of drug-likeness (QED) is 0.258. The fourth-order valence-corrected chi connectivity index (χ4v) is 4.20. The number of thioether (sulfide) groups is 1. The summed E-state index contributed by atoms with van der Waals surface area (Å²) in [6.07, 6.45) is 0.663. The Morgan fingerprint density at radius 1 is 1.29 bits per heavy atom. The van der Waals surface area contributed by atoms with Crippen LogP contribution in [0.2, 0.25) is 0 Å². The molecule has 31 heavy (non-hydrogen) atoms. The number of nitro benzene ring substituents is 1. The molecule has 1 fully saturated rings. The van der Waals surface area contributed by atoms with Gasteiger partial charge in [-0.2, -0.15) is 0 Å². The predicted octanol–water partition coefficient (Wildman–Crippen LogP) is 3.37. The maximum absolute atomic E-state index is 12.7. The van der Waals surface area contributed by atoms with E-state index in [4.69, 9.17) is 21.7 Å². The fraction of sp³-hybridized carbons (Fsp3) is 0.158. The predicted molar refractivity (Wildman–Crippen MR) is 114 cm³/mol. The van der Waals surface area contributed by atoms with Crippen LogP contribution in [0.25, 0.3) is 17.4 Å². The minimum absolute atomic E-state index is 0.000461. The summed E-state index contributed by atoms with van der Waals surface area (Å²) >= 11 is 6.01. The molecule has 1 aromatic heterocycles. The third-order valence-electron chi connectivity index (χ3n) is 4.29. The zero-order valence-electron chi connectivity index (χ0n) is 15.6. The highest BCUT2D eigenvalue weighted by atomic mass is 32.2. The second kappa shape index (κ2) is 9.10. The molecule has 1 aliphatic rings. The van der Waals surface area contributed by atoms with E-state index < -0.39 is 35.2 Å². The number of amides is 1. The molecule has 12 heteroatoms. The minimum atomic E-state index is -1.40. The number of carboxylic acid groups (broad SMARTS) is 2. The number of furan rings is 1. The molecule has 1 atom stereocenters. The van der Waals surface area contributed by atoms with Crippen LogP contribution in [0.1, 0.15) is 18.6 Å². The van der Waals surface area contributed by atoms with E-state index in [0.717, 1.165) is 16.7 Å². The first-order valence-corrected chi connectivity index (χ1v) is 9.96. The van der Waals surface area contributed by atoms with Gasteiger partial charge in [-0.25, -0.2) is 4.79 Å². The highest BCUT2D eigenvalue weighted by molar-refractivity contribution is 8.26. The Bertz CT molecular complexity index is 1120. The van der Waals surface area contributed by atoms with E-state index in [-0.39, 0.29) is 27.1 Å². The van der Waals surface area contributed by atoms with E-state index in [2.05, 4.69) is 0 Å². The molecule has 0 radical (unpaired) electrons. The van der Waals surface area contributed by atoms with Crippen molar-refractivity contribution in [2.75, 3.05) is 0 Å². The minimum Gasteiger partial charge on any atom is -0.481 e. The van der Waals surface area contributed by atoms with E-state index in [1.807, 2.05) is 0 Å². The van der Waals surface area contributed by atoms with Gasteiger partial charge in [-0.05, 0) is 18.6 Å². The van der Waals surface area contributed by atoms with Gasteiger partial charge in [0.15, 0.2) is 0 Å². The molecule has 1 amide bonds. The maximum atomic E-state index is 12.7. The highest BCUT2D eigenvalue weighted by Crippen LogP contribution is 2.36. The topological polar surface area (TPSA) is 151 Å². The van der Waals surface area contributed by atoms with E-state index >= 15 is 0 Å². The molecule has 1 aliphatic heterocycles. The molecular formula is C19H14N2O8S2. The molecule has 1 unspecified atom stereocenters. The zero-order valence-corrected chi connectivity index (χ0v) is 17.2. The molecule has 1 aromatic carbocycles. The Hall–Kier alpha value is -3.51. The molecule has 1 saturated heterocycles. The third kappa shape index (κ3) is 4.98. The van der Waals surface area contributed by atoms with Crippen LogP contribution < -0.4 is 0 Å². The lowest BCUT2D eigenvalue weighted by molar-refractivity contribution is -0.384. The number of nitro groups is 1. The van der Waals surface area contributed by atoms with Crippen molar-refractivity contribution in [3.63, 3.8) is 0 Å². The van der Waals surface area contributed by atoms with Gasteiger partial charge in [0.05, 0.1) is 9.83 Å². The Balaban J connectivity index is 1.83. The van der Waals surface area contributed by atoms with Crippen molar-refractivity contribution >= 4 is 57.9 Å². The molecule has 0 spiro atoms. The van der Waals surface area contributed by atoms with Crippen LogP contribution in [0.3, 0.4) is 0 Å². The molecule has 0 bridgehead atoms.